The van der Waals surface area contributed by atoms with Crippen LogP contribution in [-0.4, -0.2) is 23.1 Å². The number of anilines is 1. The quantitative estimate of drug-likeness (QED) is 0.827. The van der Waals surface area contributed by atoms with Crippen LogP contribution in [0.3, 0.4) is 0 Å². The van der Waals surface area contributed by atoms with Crippen molar-refractivity contribution >= 4 is 16.9 Å². The molecule has 0 aliphatic heterocycles. The summed E-state index contributed by atoms with van der Waals surface area (Å²) in [7, 11) is 1.95. The molecule has 0 saturated heterocycles. The Hall–Kier alpha value is -2.15. The maximum absolute atomic E-state index is 8.76. The number of fused-ring (bicyclic) bond motifs is 1. The largest absolute Gasteiger partial charge is 0.354 e. The Morgan fingerprint density at radius 2 is 1.89 bits per heavy atom. The fraction of sp³-hybridized carbons (Fsp3) is 0.357. The number of para-hydroxylation sites is 2. The van der Waals surface area contributed by atoms with Crippen molar-refractivity contribution in [3.8, 4) is 6.07 Å². The highest BCUT2D eigenvalue weighted by Gasteiger charge is 2.14. The fourth-order valence-electron chi connectivity index (χ4n) is 1.89. The molecule has 1 heterocycles. The van der Waals surface area contributed by atoms with Crippen LogP contribution in [0.1, 0.15) is 19.0 Å². The van der Waals surface area contributed by atoms with Gasteiger partial charge in [0.25, 0.3) is 0 Å². The minimum Gasteiger partial charge on any atom is -0.354 e. The lowest BCUT2D eigenvalue weighted by Gasteiger charge is -2.25. The lowest BCUT2D eigenvalue weighted by atomic mass is 10.2. The minimum absolute atomic E-state index is 0.129. The Bertz CT molecular complexity index is 600. The molecule has 92 valence electrons. The molecule has 0 amide bonds. The van der Waals surface area contributed by atoms with Gasteiger partial charge in [0, 0.05) is 13.1 Å². The third-order valence-electron chi connectivity index (χ3n) is 3.10. The molecule has 2 rings (SSSR count). The van der Waals surface area contributed by atoms with E-state index in [-0.39, 0.29) is 6.04 Å². The summed E-state index contributed by atoms with van der Waals surface area (Å²) in [4.78, 5) is 11.2. The minimum atomic E-state index is 0.129. The van der Waals surface area contributed by atoms with Crippen LogP contribution in [0.25, 0.3) is 11.0 Å². The van der Waals surface area contributed by atoms with Gasteiger partial charge < -0.3 is 4.90 Å². The van der Waals surface area contributed by atoms with E-state index in [1.54, 1.807) is 0 Å². The molecule has 1 aromatic heterocycles. The SMILES string of the molecule is Cc1nc2ccccc2nc1N(C)C(C)CC#N. The molecule has 0 spiro atoms. The molecule has 0 radical (unpaired) electrons. The number of aryl methyl sites for hydroxylation is 1. The van der Waals surface area contributed by atoms with Crippen molar-refractivity contribution in [1.82, 2.24) is 9.97 Å². The first-order chi connectivity index (χ1) is 8.63. The maximum atomic E-state index is 8.76. The summed E-state index contributed by atoms with van der Waals surface area (Å²) in [5, 5.41) is 8.76. The fourth-order valence-corrected chi connectivity index (χ4v) is 1.89. The van der Waals surface area contributed by atoms with Crippen LogP contribution in [0.4, 0.5) is 5.82 Å². The van der Waals surface area contributed by atoms with E-state index in [2.05, 4.69) is 16.0 Å². The summed E-state index contributed by atoms with van der Waals surface area (Å²) in [6.45, 7) is 3.96. The van der Waals surface area contributed by atoms with Crippen molar-refractivity contribution < 1.29 is 0 Å². The zero-order valence-electron chi connectivity index (χ0n) is 10.9. The van der Waals surface area contributed by atoms with Gasteiger partial charge in [-0.25, -0.2) is 9.97 Å². The van der Waals surface area contributed by atoms with Crippen molar-refractivity contribution in [2.45, 2.75) is 26.3 Å². The molecule has 1 unspecified atom stereocenters. The third kappa shape index (κ3) is 2.25. The molecule has 0 N–H and O–H groups in total. The van der Waals surface area contributed by atoms with E-state index < -0.39 is 0 Å². The molecule has 1 aromatic carbocycles. The van der Waals surface area contributed by atoms with Gasteiger partial charge in [0.1, 0.15) is 0 Å². The summed E-state index contributed by atoms with van der Waals surface area (Å²) in [6.07, 6.45) is 0.477. The van der Waals surface area contributed by atoms with Crippen LogP contribution >= 0.6 is 0 Å². The number of aromatic nitrogens is 2. The van der Waals surface area contributed by atoms with Gasteiger partial charge in [-0.2, -0.15) is 5.26 Å². The van der Waals surface area contributed by atoms with Crippen LogP contribution in [-0.2, 0) is 0 Å². The standard InChI is InChI=1S/C14H16N4/c1-10(8-9-15)18(3)14-11(2)16-12-6-4-5-7-13(12)17-14/h4-7,10H,8H2,1-3H3. The Morgan fingerprint density at radius 3 is 2.50 bits per heavy atom. The molecule has 0 fully saturated rings. The third-order valence-corrected chi connectivity index (χ3v) is 3.10. The molecule has 4 nitrogen and oxygen atoms in total. The number of hydrogen-bond donors (Lipinski definition) is 0. The molecular weight excluding hydrogens is 224 g/mol. The van der Waals surface area contributed by atoms with Crippen LogP contribution in [0, 0.1) is 18.3 Å². The zero-order chi connectivity index (χ0) is 13.1. The summed E-state index contributed by atoms with van der Waals surface area (Å²) < 4.78 is 0. The van der Waals surface area contributed by atoms with E-state index >= 15 is 0 Å². The lowest BCUT2D eigenvalue weighted by molar-refractivity contribution is 0.691. The molecule has 0 saturated carbocycles. The number of rotatable bonds is 3. The molecule has 1 atom stereocenters. The smallest absolute Gasteiger partial charge is 0.150 e. The Balaban J connectivity index is 2.44. The zero-order valence-corrected chi connectivity index (χ0v) is 10.9. The molecule has 0 bridgehead atoms. The summed E-state index contributed by atoms with van der Waals surface area (Å²) >= 11 is 0. The summed E-state index contributed by atoms with van der Waals surface area (Å²) in [5.41, 5.74) is 2.68. The van der Waals surface area contributed by atoms with Gasteiger partial charge in [0.15, 0.2) is 5.82 Å². The average Bonchev–Trinajstić information content (AvgIpc) is 2.37. The van der Waals surface area contributed by atoms with Gasteiger partial charge in [-0.15, -0.1) is 0 Å². The van der Waals surface area contributed by atoms with Crippen LogP contribution in [0.5, 0.6) is 0 Å². The van der Waals surface area contributed by atoms with Crippen molar-refractivity contribution in [2.75, 3.05) is 11.9 Å². The highest BCUT2D eigenvalue weighted by Crippen LogP contribution is 2.21. The van der Waals surface area contributed by atoms with Gasteiger partial charge in [-0.1, -0.05) is 12.1 Å². The first-order valence-corrected chi connectivity index (χ1v) is 5.96. The maximum Gasteiger partial charge on any atom is 0.150 e. The second kappa shape index (κ2) is 5.01. The van der Waals surface area contributed by atoms with Crippen molar-refractivity contribution in [1.29, 1.82) is 5.26 Å². The first kappa shape index (κ1) is 12.3. The van der Waals surface area contributed by atoms with Gasteiger partial charge in [-0.3, -0.25) is 0 Å². The van der Waals surface area contributed by atoms with E-state index in [1.807, 2.05) is 50.1 Å². The summed E-state index contributed by atoms with van der Waals surface area (Å²) in [5.74, 6) is 0.844. The van der Waals surface area contributed by atoms with E-state index in [1.165, 1.54) is 0 Å². The number of hydrogen-bond acceptors (Lipinski definition) is 4. The monoisotopic (exact) mass is 240 g/mol. The molecule has 4 heteroatoms. The molecule has 18 heavy (non-hydrogen) atoms. The van der Waals surface area contributed by atoms with Gasteiger partial charge in [0.05, 0.1) is 29.2 Å². The van der Waals surface area contributed by atoms with E-state index in [9.17, 15) is 0 Å². The number of benzene rings is 1. The van der Waals surface area contributed by atoms with Crippen molar-refractivity contribution in [3.05, 3.63) is 30.0 Å². The van der Waals surface area contributed by atoms with Crippen LogP contribution < -0.4 is 4.90 Å². The van der Waals surface area contributed by atoms with Crippen molar-refractivity contribution in [3.63, 3.8) is 0 Å². The molecule has 0 aliphatic rings. The first-order valence-electron chi connectivity index (χ1n) is 5.96. The normalized spacial score (nSPS) is 12.1. The highest BCUT2D eigenvalue weighted by molar-refractivity contribution is 5.76. The Labute approximate surface area is 107 Å². The van der Waals surface area contributed by atoms with Crippen molar-refractivity contribution in [2.24, 2.45) is 0 Å². The second-order valence-corrected chi connectivity index (χ2v) is 4.44. The molecular formula is C14H16N4. The molecule has 2 aromatic rings. The average molecular weight is 240 g/mol. The molecule has 0 aliphatic carbocycles. The van der Waals surface area contributed by atoms with Gasteiger partial charge >= 0.3 is 0 Å². The number of nitrogens with zero attached hydrogens (tertiary/aromatic N) is 4. The predicted octanol–water partition coefficient (Wildman–Crippen LogP) is 2.68. The van der Waals surface area contributed by atoms with E-state index in [4.69, 9.17) is 5.26 Å². The van der Waals surface area contributed by atoms with Crippen LogP contribution in [0.15, 0.2) is 24.3 Å². The second-order valence-electron chi connectivity index (χ2n) is 4.44. The lowest BCUT2D eigenvalue weighted by Crippen LogP contribution is -2.30. The highest BCUT2D eigenvalue weighted by atomic mass is 15.2. The van der Waals surface area contributed by atoms with Gasteiger partial charge in [-0.05, 0) is 26.0 Å². The van der Waals surface area contributed by atoms with Crippen LogP contribution in [0.2, 0.25) is 0 Å². The van der Waals surface area contributed by atoms with Gasteiger partial charge in [0.2, 0.25) is 0 Å². The predicted molar refractivity (Wildman–Crippen MR) is 72.4 cm³/mol. The topological polar surface area (TPSA) is 52.8 Å². The van der Waals surface area contributed by atoms with E-state index in [0.717, 1.165) is 22.5 Å². The Morgan fingerprint density at radius 1 is 1.28 bits per heavy atom. The summed E-state index contributed by atoms with van der Waals surface area (Å²) in [6, 6.07) is 10.1. The van der Waals surface area contributed by atoms with E-state index in [0.29, 0.717) is 6.42 Å². The number of nitriles is 1. The Kier molecular flexibility index (Phi) is 3.42.